The highest BCUT2D eigenvalue weighted by molar-refractivity contribution is 6.14. The third-order valence-electron chi connectivity index (χ3n) is 6.11. The number of hydrogen-bond donors (Lipinski definition) is 0. The van der Waals surface area contributed by atoms with Crippen molar-refractivity contribution in [2.45, 2.75) is 13.3 Å². The Morgan fingerprint density at radius 3 is 2.79 bits per heavy atom. The van der Waals surface area contributed by atoms with E-state index in [1.807, 2.05) is 12.4 Å². The lowest BCUT2D eigenvalue weighted by molar-refractivity contribution is 0.0358. The van der Waals surface area contributed by atoms with Gasteiger partial charge in [0, 0.05) is 60.8 Å². The average molecular weight is 389 g/mol. The van der Waals surface area contributed by atoms with Crippen LogP contribution in [0.2, 0.25) is 0 Å². The molecule has 2 aromatic heterocycles. The molecule has 0 radical (unpaired) electrons. The van der Waals surface area contributed by atoms with E-state index in [1.165, 1.54) is 38.1 Å². The van der Waals surface area contributed by atoms with Crippen molar-refractivity contribution in [1.29, 1.82) is 0 Å². The van der Waals surface area contributed by atoms with Gasteiger partial charge in [0.2, 0.25) is 0 Å². The van der Waals surface area contributed by atoms with E-state index in [2.05, 4.69) is 58.8 Å². The molecule has 1 aliphatic rings. The Kier molecular flexibility index (Phi) is 4.86. The number of pyridine rings is 1. The van der Waals surface area contributed by atoms with E-state index in [1.54, 1.807) is 0 Å². The summed E-state index contributed by atoms with van der Waals surface area (Å²) in [5.41, 5.74) is 3.81. The molecular weight excluding hydrogens is 362 g/mol. The minimum absolute atomic E-state index is 0.736. The van der Waals surface area contributed by atoms with Crippen LogP contribution in [0.1, 0.15) is 12.0 Å². The lowest BCUT2D eigenvalue weighted by Crippen LogP contribution is -2.37. The topological polar surface area (TPSA) is 39.5 Å². The predicted octanol–water partition coefficient (Wildman–Crippen LogP) is 4.29. The van der Waals surface area contributed by atoms with Crippen LogP contribution in [0.4, 0.5) is 0 Å². The fourth-order valence-electron chi connectivity index (χ4n) is 4.59. The maximum absolute atomic E-state index is 6.10. The molecule has 5 nitrogen and oxygen atoms in total. The number of hydrogen-bond acceptors (Lipinski definition) is 4. The van der Waals surface area contributed by atoms with Gasteiger partial charge in [0.05, 0.1) is 25.3 Å². The van der Waals surface area contributed by atoms with Gasteiger partial charge < -0.3 is 14.0 Å². The van der Waals surface area contributed by atoms with Gasteiger partial charge in [-0.2, -0.15) is 0 Å². The van der Waals surface area contributed by atoms with Gasteiger partial charge in [-0.15, -0.1) is 0 Å². The highest BCUT2D eigenvalue weighted by atomic mass is 16.5. The number of ether oxygens (including phenoxy) is 2. The van der Waals surface area contributed by atoms with Crippen LogP contribution in [0, 0.1) is 6.92 Å². The molecule has 1 aliphatic heterocycles. The Morgan fingerprint density at radius 1 is 1.07 bits per heavy atom. The molecule has 0 atom stereocenters. The van der Waals surface area contributed by atoms with E-state index < -0.39 is 0 Å². The second-order valence-corrected chi connectivity index (χ2v) is 7.89. The average Bonchev–Trinajstić information content (AvgIpc) is 3.04. The van der Waals surface area contributed by atoms with Crippen LogP contribution in [0.15, 0.2) is 42.7 Å². The first kappa shape index (κ1) is 18.4. The Balaban J connectivity index is 1.42. The number of morpholine rings is 1. The zero-order valence-corrected chi connectivity index (χ0v) is 17.1. The van der Waals surface area contributed by atoms with Crippen LogP contribution < -0.4 is 4.74 Å². The summed E-state index contributed by atoms with van der Waals surface area (Å²) in [5.74, 6) is 0.941. The Bertz CT molecular complexity index is 1180. The number of nitrogens with zero attached hydrogens (tertiary/aromatic N) is 3. The minimum Gasteiger partial charge on any atom is -0.494 e. The predicted molar refractivity (Wildman–Crippen MR) is 118 cm³/mol. The molecule has 0 unspecified atom stereocenters. The summed E-state index contributed by atoms with van der Waals surface area (Å²) in [5, 5.41) is 4.95. The largest absolute Gasteiger partial charge is 0.494 e. The zero-order chi connectivity index (χ0) is 19.8. The molecule has 0 aliphatic carbocycles. The van der Waals surface area contributed by atoms with Gasteiger partial charge in [-0.1, -0.05) is 0 Å². The Labute approximate surface area is 170 Å². The standard InChI is InChI=1S/C24H27N3O2/c1-17-20-6-7-25-16-18(20)14-22-21-15-19(4-5-23(21)26(2)24(17)22)29-11-3-8-27-9-12-28-13-10-27/h4-7,14-16H,3,8-13H2,1-2H3. The molecule has 0 bridgehead atoms. The van der Waals surface area contributed by atoms with Gasteiger partial charge in [-0.25, -0.2) is 0 Å². The third-order valence-corrected chi connectivity index (χ3v) is 6.11. The summed E-state index contributed by atoms with van der Waals surface area (Å²) in [6, 6.07) is 10.8. The number of rotatable bonds is 5. The third kappa shape index (κ3) is 3.34. The van der Waals surface area contributed by atoms with E-state index in [0.717, 1.165) is 51.6 Å². The van der Waals surface area contributed by atoms with Crippen molar-refractivity contribution >= 4 is 32.6 Å². The molecule has 3 heterocycles. The SMILES string of the molecule is Cc1c2ccncc2cc2c3cc(OCCCN4CCOCC4)ccc3n(C)c12. The molecule has 1 fully saturated rings. The molecular formula is C24H27N3O2. The van der Waals surface area contributed by atoms with E-state index in [0.29, 0.717) is 0 Å². The van der Waals surface area contributed by atoms with Crippen LogP contribution in [0.5, 0.6) is 5.75 Å². The maximum Gasteiger partial charge on any atom is 0.120 e. The summed E-state index contributed by atoms with van der Waals surface area (Å²) in [7, 11) is 2.15. The second-order valence-electron chi connectivity index (χ2n) is 7.89. The zero-order valence-electron chi connectivity index (χ0n) is 17.1. The number of benzene rings is 2. The minimum atomic E-state index is 0.736. The van der Waals surface area contributed by atoms with E-state index in [4.69, 9.17) is 9.47 Å². The van der Waals surface area contributed by atoms with Crippen molar-refractivity contribution in [3.05, 3.63) is 48.3 Å². The first-order valence-electron chi connectivity index (χ1n) is 10.4. The molecule has 0 saturated carbocycles. The Morgan fingerprint density at radius 2 is 1.93 bits per heavy atom. The number of aromatic nitrogens is 2. The smallest absolute Gasteiger partial charge is 0.120 e. The van der Waals surface area contributed by atoms with Crippen molar-refractivity contribution in [2.24, 2.45) is 7.05 Å². The maximum atomic E-state index is 6.10. The van der Waals surface area contributed by atoms with Crippen molar-refractivity contribution in [2.75, 3.05) is 39.5 Å². The van der Waals surface area contributed by atoms with Gasteiger partial charge in [-0.3, -0.25) is 9.88 Å². The van der Waals surface area contributed by atoms with Gasteiger partial charge in [-0.05, 0) is 54.6 Å². The molecule has 150 valence electrons. The van der Waals surface area contributed by atoms with Crippen molar-refractivity contribution in [1.82, 2.24) is 14.5 Å². The van der Waals surface area contributed by atoms with Gasteiger partial charge in [0.25, 0.3) is 0 Å². The summed E-state index contributed by atoms with van der Waals surface area (Å²) in [6.07, 6.45) is 4.85. The fraction of sp³-hybridized carbons (Fsp3) is 0.375. The highest BCUT2D eigenvalue weighted by Crippen LogP contribution is 2.36. The summed E-state index contributed by atoms with van der Waals surface area (Å²) < 4.78 is 13.8. The molecule has 0 spiro atoms. The molecule has 29 heavy (non-hydrogen) atoms. The van der Waals surface area contributed by atoms with Crippen LogP contribution in [-0.2, 0) is 11.8 Å². The first-order valence-corrected chi connectivity index (χ1v) is 10.4. The van der Waals surface area contributed by atoms with Crippen LogP contribution in [0.25, 0.3) is 32.6 Å². The molecule has 2 aromatic carbocycles. The second kappa shape index (κ2) is 7.65. The van der Waals surface area contributed by atoms with Crippen LogP contribution >= 0.6 is 0 Å². The monoisotopic (exact) mass is 389 g/mol. The lowest BCUT2D eigenvalue weighted by Gasteiger charge is -2.26. The fourth-order valence-corrected chi connectivity index (χ4v) is 4.59. The highest BCUT2D eigenvalue weighted by Gasteiger charge is 2.14. The van der Waals surface area contributed by atoms with Gasteiger partial charge in [0.15, 0.2) is 0 Å². The first-order chi connectivity index (χ1) is 14.2. The van der Waals surface area contributed by atoms with Crippen molar-refractivity contribution in [3.63, 3.8) is 0 Å². The number of fused-ring (bicyclic) bond motifs is 4. The molecule has 0 N–H and O–H groups in total. The molecule has 5 heteroatoms. The Hall–Kier alpha value is -2.63. The summed E-state index contributed by atoms with van der Waals surface area (Å²) in [6.45, 7) is 7.77. The van der Waals surface area contributed by atoms with E-state index in [-0.39, 0.29) is 0 Å². The quantitative estimate of drug-likeness (QED) is 0.478. The van der Waals surface area contributed by atoms with Crippen molar-refractivity contribution in [3.8, 4) is 5.75 Å². The van der Waals surface area contributed by atoms with Crippen molar-refractivity contribution < 1.29 is 9.47 Å². The van der Waals surface area contributed by atoms with Crippen LogP contribution in [0.3, 0.4) is 0 Å². The lowest BCUT2D eigenvalue weighted by atomic mass is 10.0. The van der Waals surface area contributed by atoms with E-state index in [9.17, 15) is 0 Å². The summed E-state index contributed by atoms with van der Waals surface area (Å²) >= 11 is 0. The van der Waals surface area contributed by atoms with Gasteiger partial charge in [0.1, 0.15) is 5.75 Å². The number of aryl methyl sites for hydroxylation is 2. The normalized spacial score (nSPS) is 15.5. The van der Waals surface area contributed by atoms with Gasteiger partial charge >= 0.3 is 0 Å². The summed E-state index contributed by atoms with van der Waals surface area (Å²) in [4.78, 5) is 6.76. The van der Waals surface area contributed by atoms with Crippen LogP contribution in [-0.4, -0.2) is 53.9 Å². The molecule has 1 saturated heterocycles. The van der Waals surface area contributed by atoms with E-state index >= 15 is 0 Å². The molecule has 0 amide bonds. The molecule has 4 aromatic rings. The molecule has 5 rings (SSSR count).